The molecule has 1 aliphatic rings. The summed E-state index contributed by atoms with van der Waals surface area (Å²) in [5.74, 6) is 1.73. The average Bonchev–Trinajstić information content (AvgIpc) is 3.14. The van der Waals surface area contributed by atoms with Gasteiger partial charge in [0.15, 0.2) is 18.1 Å². The first-order valence-corrected chi connectivity index (χ1v) is 8.70. The maximum Gasteiger partial charge on any atom is 0.258 e. The van der Waals surface area contributed by atoms with Gasteiger partial charge in [-0.3, -0.25) is 9.59 Å². The number of amides is 2. The molecule has 3 rings (SSSR count). The summed E-state index contributed by atoms with van der Waals surface area (Å²) in [6.07, 6.45) is 0. The molecule has 0 saturated heterocycles. The van der Waals surface area contributed by atoms with Gasteiger partial charge in [-0.25, -0.2) is 0 Å². The van der Waals surface area contributed by atoms with E-state index in [1.165, 1.54) is 6.92 Å². The van der Waals surface area contributed by atoms with E-state index in [-0.39, 0.29) is 25.2 Å². The normalized spacial score (nSPS) is 11.7. The molecule has 1 aliphatic heterocycles. The van der Waals surface area contributed by atoms with Gasteiger partial charge in [-0.2, -0.15) is 0 Å². The number of ether oxygens (including phenoxy) is 3. The molecule has 0 bridgehead atoms. The number of benzene rings is 2. The Morgan fingerprint density at radius 3 is 2.67 bits per heavy atom. The minimum absolute atomic E-state index is 0.0632. The zero-order valence-corrected chi connectivity index (χ0v) is 15.1. The summed E-state index contributed by atoms with van der Waals surface area (Å²) < 4.78 is 16.0. The van der Waals surface area contributed by atoms with E-state index in [0.29, 0.717) is 36.9 Å². The fraction of sp³-hybridized carbons (Fsp3) is 0.300. The SMILES string of the molecule is CC(=O)N(CCNC(=O)COc1ccccc1)Cc1ccc2c(c1)OCO2. The Bertz CT molecular complexity index is 794. The number of hydrogen-bond donors (Lipinski definition) is 1. The molecule has 2 aromatic carbocycles. The van der Waals surface area contributed by atoms with E-state index in [0.717, 1.165) is 5.56 Å². The van der Waals surface area contributed by atoms with E-state index >= 15 is 0 Å². The van der Waals surface area contributed by atoms with Gasteiger partial charge < -0.3 is 24.4 Å². The molecule has 0 fully saturated rings. The highest BCUT2D eigenvalue weighted by Crippen LogP contribution is 2.32. The Hall–Kier alpha value is -3.22. The molecule has 2 amide bonds. The second-order valence-corrected chi connectivity index (χ2v) is 6.08. The quantitative estimate of drug-likeness (QED) is 0.769. The van der Waals surface area contributed by atoms with Crippen LogP contribution in [-0.4, -0.2) is 43.2 Å². The third-order valence-corrected chi connectivity index (χ3v) is 4.07. The number of nitrogens with zero attached hydrogens (tertiary/aromatic N) is 1. The second-order valence-electron chi connectivity index (χ2n) is 6.08. The zero-order chi connectivity index (χ0) is 19.1. The van der Waals surface area contributed by atoms with Gasteiger partial charge in [0.2, 0.25) is 12.7 Å². The van der Waals surface area contributed by atoms with Gasteiger partial charge in [0, 0.05) is 26.6 Å². The van der Waals surface area contributed by atoms with Crippen LogP contribution in [0.25, 0.3) is 0 Å². The summed E-state index contributed by atoms with van der Waals surface area (Å²) in [5, 5.41) is 2.76. The van der Waals surface area contributed by atoms with Gasteiger partial charge in [0.25, 0.3) is 5.91 Å². The number of fused-ring (bicyclic) bond motifs is 1. The predicted octanol–water partition coefficient (Wildman–Crippen LogP) is 1.96. The lowest BCUT2D eigenvalue weighted by Gasteiger charge is -2.21. The van der Waals surface area contributed by atoms with Crippen molar-refractivity contribution in [3.05, 3.63) is 54.1 Å². The smallest absolute Gasteiger partial charge is 0.258 e. The molecule has 0 atom stereocenters. The van der Waals surface area contributed by atoms with Crippen LogP contribution in [0, 0.1) is 0 Å². The summed E-state index contributed by atoms with van der Waals surface area (Å²) in [5.41, 5.74) is 0.938. The molecule has 0 radical (unpaired) electrons. The van der Waals surface area contributed by atoms with Crippen LogP contribution in [0.1, 0.15) is 12.5 Å². The van der Waals surface area contributed by atoms with Crippen LogP contribution >= 0.6 is 0 Å². The first-order chi connectivity index (χ1) is 13.1. The van der Waals surface area contributed by atoms with Crippen molar-refractivity contribution in [1.82, 2.24) is 10.2 Å². The molecule has 0 unspecified atom stereocenters. The van der Waals surface area contributed by atoms with Crippen molar-refractivity contribution in [2.45, 2.75) is 13.5 Å². The highest BCUT2D eigenvalue weighted by Gasteiger charge is 2.16. The van der Waals surface area contributed by atoms with Crippen molar-refractivity contribution < 1.29 is 23.8 Å². The van der Waals surface area contributed by atoms with Crippen LogP contribution < -0.4 is 19.5 Å². The Balaban J connectivity index is 1.44. The predicted molar refractivity (Wildman–Crippen MR) is 98.6 cm³/mol. The maximum atomic E-state index is 11.9. The minimum atomic E-state index is -0.231. The highest BCUT2D eigenvalue weighted by atomic mass is 16.7. The second kappa shape index (κ2) is 8.93. The summed E-state index contributed by atoms with van der Waals surface area (Å²) in [6.45, 7) is 2.84. The van der Waals surface area contributed by atoms with Crippen molar-refractivity contribution in [1.29, 1.82) is 0 Å². The molecular weight excluding hydrogens is 348 g/mol. The first-order valence-electron chi connectivity index (χ1n) is 8.70. The van der Waals surface area contributed by atoms with Gasteiger partial charge >= 0.3 is 0 Å². The maximum absolute atomic E-state index is 11.9. The zero-order valence-electron chi connectivity index (χ0n) is 15.1. The largest absolute Gasteiger partial charge is 0.484 e. The standard InChI is InChI=1S/C20H22N2O5/c1-15(23)22(12-16-7-8-18-19(11-16)27-14-26-18)10-9-21-20(24)13-25-17-5-3-2-4-6-17/h2-8,11H,9-10,12-14H2,1H3,(H,21,24). The van der Waals surface area contributed by atoms with Crippen molar-refractivity contribution in [2.24, 2.45) is 0 Å². The van der Waals surface area contributed by atoms with Crippen LogP contribution in [0.5, 0.6) is 17.2 Å². The lowest BCUT2D eigenvalue weighted by Crippen LogP contribution is -2.38. The van der Waals surface area contributed by atoms with Crippen LogP contribution in [0.2, 0.25) is 0 Å². The van der Waals surface area contributed by atoms with E-state index in [9.17, 15) is 9.59 Å². The lowest BCUT2D eigenvalue weighted by atomic mass is 10.2. The molecule has 7 nitrogen and oxygen atoms in total. The molecule has 1 heterocycles. The molecule has 27 heavy (non-hydrogen) atoms. The Labute approximate surface area is 157 Å². The van der Waals surface area contributed by atoms with Gasteiger partial charge in [0.1, 0.15) is 5.75 Å². The van der Waals surface area contributed by atoms with Crippen LogP contribution in [-0.2, 0) is 16.1 Å². The third-order valence-electron chi connectivity index (χ3n) is 4.07. The monoisotopic (exact) mass is 370 g/mol. The van der Waals surface area contributed by atoms with Crippen molar-refractivity contribution in [3.8, 4) is 17.2 Å². The summed E-state index contributed by atoms with van der Waals surface area (Å²) in [6, 6.07) is 14.7. The van der Waals surface area contributed by atoms with E-state index in [2.05, 4.69) is 5.32 Å². The summed E-state index contributed by atoms with van der Waals surface area (Å²) >= 11 is 0. The fourth-order valence-electron chi connectivity index (χ4n) is 2.65. The Morgan fingerprint density at radius 2 is 1.89 bits per heavy atom. The highest BCUT2D eigenvalue weighted by molar-refractivity contribution is 5.77. The average molecular weight is 370 g/mol. The van der Waals surface area contributed by atoms with Gasteiger partial charge in [-0.1, -0.05) is 24.3 Å². The van der Waals surface area contributed by atoms with E-state index in [4.69, 9.17) is 14.2 Å². The van der Waals surface area contributed by atoms with E-state index in [1.807, 2.05) is 36.4 Å². The van der Waals surface area contributed by atoms with E-state index < -0.39 is 0 Å². The Morgan fingerprint density at radius 1 is 1.11 bits per heavy atom. The molecule has 0 spiro atoms. The number of carbonyl (C=O) groups excluding carboxylic acids is 2. The van der Waals surface area contributed by atoms with Crippen molar-refractivity contribution >= 4 is 11.8 Å². The molecule has 0 aliphatic carbocycles. The topological polar surface area (TPSA) is 77.1 Å². The summed E-state index contributed by atoms with van der Waals surface area (Å²) in [4.78, 5) is 25.4. The third kappa shape index (κ3) is 5.37. The molecule has 7 heteroatoms. The number of rotatable bonds is 8. The number of para-hydroxylation sites is 1. The molecular formula is C20H22N2O5. The molecule has 2 aromatic rings. The first kappa shape index (κ1) is 18.6. The van der Waals surface area contributed by atoms with Crippen LogP contribution in [0.15, 0.2) is 48.5 Å². The molecule has 0 saturated carbocycles. The summed E-state index contributed by atoms with van der Waals surface area (Å²) in [7, 11) is 0. The Kier molecular flexibility index (Phi) is 6.14. The van der Waals surface area contributed by atoms with Gasteiger partial charge in [-0.15, -0.1) is 0 Å². The fourth-order valence-corrected chi connectivity index (χ4v) is 2.65. The molecule has 0 aromatic heterocycles. The van der Waals surface area contributed by atoms with Crippen molar-refractivity contribution in [3.63, 3.8) is 0 Å². The van der Waals surface area contributed by atoms with Crippen LogP contribution in [0.4, 0.5) is 0 Å². The number of nitrogens with one attached hydrogen (secondary N) is 1. The van der Waals surface area contributed by atoms with Gasteiger partial charge in [0.05, 0.1) is 0 Å². The van der Waals surface area contributed by atoms with Gasteiger partial charge in [-0.05, 0) is 29.8 Å². The van der Waals surface area contributed by atoms with Crippen molar-refractivity contribution in [2.75, 3.05) is 26.5 Å². The minimum Gasteiger partial charge on any atom is -0.484 e. The molecule has 1 N–H and O–H groups in total. The van der Waals surface area contributed by atoms with Crippen LogP contribution in [0.3, 0.4) is 0 Å². The van der Waals surface area contributed by atoms with E-state index in [1.54, 1.807) is 17.0 Å². The lowest BCUT2D eigenvalue weighted by molar-refractivity contribution is -0.130. The number of carbonyl (C=O) groups is 2. The number of hydrogen-bond acceptors (Lipinski definition) is 5. The molecule has 142 valence electrons.